The monoisotopic (exact) mass is 266 g/mol. The first kappa shape index (κ1) is 14.3. The van der Waals surface area contributed by atoms with Gasteiger partial charge < -0.3 is 19.3 Å². The Labute approximate surface area is 114 Å². The van der Waals surface area contributed by atoms with Crippen molar-refractivity contribution in [3.8, 4) is 5.75 Å². The number of ether oxygens (including phenoxy) is 3. The van der Waals surface area contributed by atoms with Crippen molar-refractivity contribution in [1.82, 2.24) is 0 Å². The van der Waals surface area contributed by atoms with Crippen LogP contribution >= 0.6 is 0 Å². The molecule has 1 fully saturated rings. The van der Waals surface area contributed by atoms with Gasteiger partial charge in [-0.3, -0.25) is 0 Å². The standard InChI is InChI=1S/C15H22O4/c1-17-15-6-5-12(9-16)8-13(15)10-18-11-14-4-2-3-7-19-14/h5-6,8,14,16H,2-4,7,9-11H2,1H3. The van der Waals surface area contributed by atoms with E-state index in [1.807, 2.05) is 18.2 Å². The highest BCUT2D eigenvalue weighted by Crippen LogP contribution is 2.21. The lowest BCUT2D eigenvalue weighted by atomic mass is 10.1. The third kappa shape index (κ3) is 4.20. The van der Waals surface area contributed by atoms with Crippen LogP contribution in [-0.4, -0.2) is 31.5 Å². The molecule has 0 aromatic heterocycles. The number of benzene rings is 1. The molecule has 1 heterocycles. The van der Waals surface area contributed by atoms with Crippen molar-refractivity contribution >= 4 is 0 Å². The van der Waals surface area contributed by atoms with Gasteiger partial charge in [-0.15, -0.1) is 0 Å². The predicted octanol–water partition coefficient (Wildman–Crippen LogP) is 2.27. The van der Waals surface area contributed by atoms with E-state index in [4.69, 9.17) is 19.3 Å². The Morgan fingerprint density at radius 2 is 2.26 bits per heavy atom. The Morgan fingerprint density at radius 1 is 1.37 bits per heavy atom. The molecule has 0 amide bonds. The molecular formula is C15H22O4. The molecule has 0 saturated carbocycles. The average Bonchev–Trinajstić information content (AvgIpc) is 2.48. The highest BCUT2D eigenvalue weighted by atomic mass is 16.5. The molecule has 1 aliphatic heterocycles. The van der Waals surface area contributed by atoms with Crippen molar-refractivity contribution in [1.29, 1.82) is 0 Å². The number of hydrogen-bond donors (Lipinski definition) is 1. The second-order valence-electron chi connectivity index (χ2n) is 4.81. The van der Waals surface area contributed by atoms with Crippen LogP contribution < -0.4 is 4.74 Å². The number of hydrogen-bond acceptors (Lipinski definition) is 4. The molecule has 19 heavy (non-hydrogen) atoms. The van der Waals surface area contributed by atoms with Crippen molar-refractivity contribution < 1.29 is 19.3 Å². The molecule has 106 valence electrons. The van der Waals surface area contributed by atoms with E-state index in [2.05, 4.69) is 0 Å². The Morgan fingerprint density at radius 3 is 2.95 bits per heavy atom. The lowest BCUT2D eigenvalue weighted by Crippen LogP contribution is -2.24. The van der Waals surface area contributed by atoms with E-state index in [1.54, 1.807) is 7.11 Å². The van der Waals surface area contributed by atoms with Gasteiger partial charge in [0.15, 0.2) is 0 Å². The van der Waals surface area contributed by atoms with Crippen LogP contribution in [-0.2, 0) is 22.7 Å². The van der Waals surface area contributed by atoms with Crippen LogP contribution in [0.4, 0.5) is 0 Å². The summed E-state index contributed by atoms with van der Waals surface area (Å²) >= 11 is 0. The van der Waals surface area contributed by atoms with Crippen molar-refractivity contribution in [2.45, 2.75) is 38.6 Å². The first-order valence-corrected chi connectivity index (χ1v) is 6.79. The van der Waals surface area contributed by atoms with Gasteiger partial charge in [0, 0.05) is 12.2 Å². The molecule has 0 bridgehead atoms. The SMILES string of the molecule is COc1ccc(CO)cc1COCC1CCCCO1. The zero-order valence-electron chi connectivity index (χ0n) is 11.4. The van der Waals surface area contributed by atoms with Crippen LogP contribution in [0.5, 0.6) is 5.75 Å². The summed E-state index contributed by atoms with van der Waals surface area (Å²) in [5.41, 5.74) is 1.83. The maximum absolute atomic E-state index is 9.15. The van der Waals surface area contributed by atoms with Gasteiger partial charge in [0.25, 0.3) is 0 Å². The van der Waals surface area contributed by atoms with Gasteiger partial charge in [0.05, 0.1) is 33.0 Å². The Kier molecular flexibility index (Phi) is 5.63. The third-order valence-corrected chi connectivity index (χ3v) is 3.36. The highest BCUT2D eigenvalue weighted by molar-refractivity contribution is 5.36. The molecule has 1 atom stereocenters. The van der Waals surface area contributed by atoms with Crippen LogP contribution in [0.25, 0.3) is 0 Å². The predicted molar refractivity (Wildman–Crippen MR) is 72.2 cm³/mol. The molecule has 2 rings (SSSR count). The molecule has 1 aromatic carbocycles. The minimum atomic E-state index is 0.0305. The molecule has 1 saturated heterocycles. The molecule has 4 heteroatoms. The molecule has 0 spiro atoms. The summed E-state index contributed by atoms with van der Waals surface area (Å²) < 4.78 is 16.6. The second-order valence-corrected chi connectivity index (χ2v) is 4.81. The normalized spacial score (nSPS) is 19.4. The molecule has 1 aromatic rings. The van der Waals surface area contributed by atoms with Gasteiger partial charge in [0.2, 0.25) is 0 Å². The van der Waals surface area contributed by atoms with E-state index in [0.717, 1.165) is 36.3 Å². The molecule has 1 unspecified atom stereocenters. The van der Waals surface area contributed by atoms with Crippen LogP contribution in [0.1, 0.15) is 30.4 Å². The summed E-state index contributed by atoms with van der Waals surface area (Å²) in [5, 5.41) is 9.15. The van der Waals surface area contributed by atoms with Gasteiger partial charge in [-0.1, -0.05) is 6.07 Å². The van der Waals surface area contributed by atoms with E-state index in [1.165, 1.54) is 6.42 Å². The first-order chi connectivity index (χ1) is 9.33. The highest BCUT2D eigenvalue weighted by Gasteiger charge is 2.14. The van der Waals surface area contributed by atoms with E-state index in [9.17, 15) is 0 Å². The molecular weight excluding hydrogens is 244 g/mol. The maximum atomic E-state index is 9.15. The van der Waals surface area contributed by atoms with E-state index >= 15 is 0 Å². The van der Waals surface area contributed by atoms with Crippen LogP contribution in [0.15, 0.2) is 18.2 Å². The minimum Gasteiger partial charge on any atom is -0.496 e. The number of aliphatic hydroxyl groups excluding tert-OH is 1. The Balaban J connectivity index is 1.86. The Bertz CT molecular complexity index is 386. The minimum absolute atomic E-state index is 0.0305. The summed E-state index contributed by atoms with van der Waals surface area (Å²) in [6.45, 7) is 1.98. The van der Waals surface area contributed by atoms with Gasteiger partial charge in [-0.25, -0.2) is 0 Å². The van der Waals surface area contributed by atoms with Gasteiger partial charge in [-0.2, -0.15) is 0 Å². The van der Waals surface area contributed by atoms with Gasteiger partial charge in [-0.05, 0) is 37.0 Å². The van der Waals surface area contributed by atoms with Crippen LogP contribution in [0, 0.1) is 0 Å². The first-order valence-electron chi connectivity index (χ1n) is 6.79. The number of rotatable bonds is 6. The van der Waals surface area contributed by atoms with Crippen LogP contribution in [0.3, 0.4) is 0 Å². The number of methoxy groups -OCH3 is 1. The zero-order chi connectivity index (χ0) is 13.5. The van der Waals surface area contributed by atoms with E-state index < -0.39 is 0 Å². The lowest BCUT2D eigenvalue weighted by Gasteiger charge is -2.22. The summed E-state index contributed by atoms with van der Waals surface area (Å²) in [7, 11) is 1.64. The quantitative estimate of drug-likeness (QED) is 0.858. The lowest BCUT2D eigenvalue weighted by molar-refractivity contribution is -0.0450. The third-order valence-electron chi connectivity index (χ3n) is 3.36. The topological polar surface area (TPSA) is 47.9 Å². The summed E-state index contributed by atoms with van der Waals surface area (Å²) in [5.74, 6) is 0.793. The fraction of sp³-hybridized carbons (Fsp3) is 0.600. The van der Waals surface area contributed by atoms with E-state index in [-0.39, 0.29) is 12.7 Å². The van der Waals surface area contributed by atoms with Crippen molar-refractivity contribution in [2.24, 2.45) is 0 Å². The van der Waals surface area contributed by atoms with Crippen molar-refractivity contribution in [3.05, 3.63) is 29.3 Å². The molecule has 4 nitrogen and oxygen atoms in total. The van der Waals surface area contributed by atoms with E-state index in [0.29, 0.717) is 13.2 Å². The fourth-order valence-corrected chi connectivity index (χ4v) is 2.28. The molecule has 1 N–H and O–H groups in total. The molecule has 0 aliphatic carbocycles. The van der Waals surface area contributed by atoms with Crippen molar-refractivity contribution in [3.63, 3.8) is 0 Å². The molecule has 0 radical (unpaired) electrons. The summed E-state index contributed by atoms with van der Waals surface area (Å²) in [6.07, 6.45) is 3.68. The smallest absolute Gasteiger partial charge is 0.124 e. The molecule has 1 aliphatic rings. The second kappa shape index (κ2) is 7.48. The fourth-order valence-electron chi connectivity index (χ4n) is 2.28. The average molecular weight is 266 g/mol. The van der Waals surface area contributed by atoms with Crippen molar-refractivity contribution in [2.75, 3.05) is 20.3 Å². The summed E-state index contributed by atoms with van der Waals surface area (Å²) in [4.78, 5) is 0. The Hall–Kier alpha value is -1.10. The van der Waals surface area contributed by atoms with Crippen LogP contribution in [0.2, 0.25) is 0 Å². The zero-order valence-corrected chi connectivity index (χ0v) is 11.4. The van der Waals surface area contributed by atoms with Gasteiger partial charge in [0.1, 0.15) is 5.75 Å². The van der Waals surface area contributed by atoms with Gasteiger partial charge >= 0.3 is 0 Å². The largest absolute Gasteiger partial charge is 0.496 e. The summed E-state index contributed by atoms with van der Waals surface area (Å²) in [6, 6.07) is 5.63. The maximum Gasteiger partial charge on any atom is 0.124 e. The number of aliphatic hydroxyl groups is 1.